The van der Waals surface area contributed by atoms with Crippen molar-refractivity contribution in [3.8, 4) is 0 Å². The van der Waals surface area contributed by atoms with Crippen LogP contribution in [0.4, 0.5) is 5.69 Å². The minimum absolute atomic E-state index is 0.135. The number of rotatable bonds is 8. The fourth-order valence-corrected chi connectivity index (χ4v) is 2.67. The molecule has 0 radical (unpaired) electrons. The Morgan fingerprint density at radius 1 is 1.00 bits per heavy atom. The molecular weight excluding hydrogens is 350 g/mol. The summed E-state index contributed by atoms with van der Waals surface area (Å²) in [5.74, 6) is -0.275. The van der Waals surface area contributed by atoms with Gasteiger partial charge in [-0.1, -0.05) is 48.9 Å². The fraction of sp³-hybridized carbons (Fsp3) is 0.300. The summed E-state index contributed by atoms with van der Waals surface area (Å²) in [6, 6.07) is 15.0. The number of carbonyl (C=O) groups is 2. The van der Waals surface area contributed by atoms with E-state index in [1.54, 1.807) is 24.1 Å². The normalized spacial score (nSPS) is 10.6. The highest BCUT2D eigenvalue weighted by Crippen LogP contribution is 2.15. The van der Waals surface area contributed by atoms with Gasteiger partial charge in [0.2, 0.25) is 11.8 Å². The van der Waals surface area contributed by atoms with Gasteiger partial charge in [-0.15, -0.1) is 0 Å². The molecule has 2 aromatic carbocycles. The van der Waals surface area contributed by atoms with Gasteiger partial charge in [0.15, 0.2) is 0 Å². The van der Waals surface area contributed by atoms with E-state index in [4.69, 9.17) is 11.6 Å². The number of halogens is 1. The summed E-state index contributed by atoms with van der Waals surface area (Å²) in [4.78, 5) is 25.9. The molecule has 2 aromatic rings. The number of carbonyl (C=O) groups excluding carboxylic acids is 2. The molecule has 0 atom stereocenters. The summed E-state index contributed by atoms with van der Waals surface area (Å²) in [5.41, 5.74) is 2.88. The van der Waals surface area contributed by atoms with Crippen molar-refractivity contribution in [2.24, 2.45) is 0 Å². The number of hydrogen-bond acceptors (Lipinski definition) is 3. The smallest absolute Gasteiger partial charge is 0.238 e. The highest BCUT2D eigenvalue weighted by molar-refractivity contribution is 6.30. The van der Waals surface area contributed by atoms with Gasteiger partial charge in [0.1, 0.15) is 0 Å². The first-order valence-corrected chi connectivity index (χ1v) is 8.93. The van der Waals surface area contributed by atoms with Crippen LogP contribution in [0.25, 0.3) is 0 Å². The first kappa shape index (κ1) is 19.9. The summed E-state index contributed by atoms with van der Waals surface area (Å²) in [6.07, 6.45) is 0.847. The van der Waals surface area contributed by atoms with E-state index >= 15 is 0 Å². The Labute approximate surface area is 159 Å². The second-order valence-corrected chi connectivity index (χ2v) is 6.57. The number of para-hydroxylation sites is 1. The van der Waals surface area contributed by atoms with E-state index in [0.717, 1.165) is 23.2 Å². The van der Waals surface area contributed by atoms with Crippen LogP contribution in [-0.4, -0.2) is 36.9 Å². The Hall–Kier alpha value is -2.37. The Kier molecular flexibility index (Phi) is 7.63. The van der Waals surface area contributed by atoms with Crippen molar-refractivity contribution in [2.45, 2.75) is 19.9 Å². The third kappa shape index (κ3) is 6.50. The molecule has 138 valence electrons. The van der Waals surface area contributed by atoms with Crippen molar-refractivity contribution < 1.29 is 9.59 Å². The van der Waals surface area contributed by atoms with Crippen LogP contribution in [0.15, 0.2) is 48.5 Å². The fourth-order valence-electron chi connectivity index (χ4n) is 2.55. The van der Waals surface area contributed by atoms with Gasteiger partial charge in [0.25, 0.3) is 0 Å². The van der Waals surface area contributed by atoms with Crippen LogP contribution < -0.4 is 10.6 Å². The molecule has 0 aliphatic carbocycles. The lowest BCUT2D eigenvalue weighted by Crippen LogP contribution is -2.38. The summed E-state index contributed by atoms with van der Waals surface area (Å²) in [5, 5.41) is 6.40. The zero-order chi connectivity index (χ0) is 18.9. The van der Waals surface area contributed by atoms with Crippen molar-refractivity contribution in [2.75, 3.05) is 25.5 Å². The van der Waals surface area contributed by atoms with Crippen LogP contribution >= 0.6 is 11.6 Å². The Bertz CT molecular complexity index is 747. The second kappa shape index (κ2) is 9.94. The maximum Gasteiger partial charge on any atom is 0.238 e. The lowest BCUT2D eigenvalue weighted by molar-refractivity contribution is -0.123. The minimum atomic E-state index is -0.140. The molecule has 0 bridgehead atoms. The van der Waals surface area contributed by atoms with E-state index in [1.807, 2.05) is 43.3 Å². The van der Waals surface area contributed by atoms with Crippen LogP contribution in [0.3, 0.4) is 0 Å². The first-order chi connectivity index (χ1) is 12.5. The van der Waals surface area contributed by atoms with E-state index in [-0.39, 0.29) is 24.9 Å². The molecule has 26 heavy (non-hydrogen) atoms. The number of amides is 2. The lowest BCUT2D eigenvalue weighted by Gasteiger charge is -2.17. The zero-order valence-corrected chi connectivity index (χ0v) is 15.8. The van der Waals surface area contributed by atoms with Gasteiger partial charge >= 0.3 is 0 Å². The molecule has 0 unspecified atom stereocenters. The Balaban J connectivity index is 1.76. The standard InChI is InChI=1S/C20H24ClN3O2/c1-3-16-6-4-5-7-18(16)23-20(26)14-24(2)13-19(25)22-12-15-8-10-17(21)11-9-15/h4-11H,3,12-14H2,1-2H3,(H,22,25)(H,23,26). The summed E-state index contributed by atoms with van der Waals surface area (Å²) >= 11 is 5.84. The van der Waals surface area contributed by atoms with Gasteiger partial charge in [0, 0.05) is 17.3 Å². The molecular formula is C20H24ClN3O2. The van der Waals surface area contributed by atoms with Gasteiger partial charge in [0.05, 0.1) is 13.1 Å². The maximum atomic E-state index is 12.2. The SMILES string of the molecule is CCc1ccccc1NC(=O)CN(C)CC(=O)NCc1ccc(Cl)cc1. The van der Waals surface area contributed by atoms with Gasteiger partial charge in [-0.3, -0.25) is 14.5 Å². The second-order valence-electron chi connectivity index (χ2n) is 6.13. The van der Waals surface area contributed by atoms with Crippen LogP contribution in [-0.2, 0) is 22.6 Å². The van der Waals surface area contributed by atoms with Crippen molar-refractivity contribution in [1.82, 2.24) is 10.2 Å². The Morgan fingerprint density at radius 2 is 1.65 bits per heavy atom. The molecule has 0 aliphatic rings. The molecule has 0 heterocycles. The molecule has 0 aromatic heterocycles. The van der Waals surface area contributed by atoms with Crippen molar-refractivity contribution in [1.29, 1.82) is 0 Å². The average molecular weight is 374 g/mol. The average Bonchev–Trinajstić information content (AvgIpc) is 2.61. The molecule has 2 N–H and O–H groups in total. The maximum absolute atomic E-state index is 12.2. The summed E-state index contributed by atoms with van der Waals surface area (Å²) < 4.78 is 0. The van der Waals surface area contributed by atoms with Gasteiger partial charge in [-0.05, 0) is 42.8 Å². The first-order valence-electron chi connectivity index (χ1n) is 8.55. The number of benzene rings is 2. The molecule has 0 saturated carbocycles. The van der Waals surface area contributed by atoms with Gasteiger partial charge in [-0.25, -0.2) is 0 Å². The molecule has 0 saturated heterocycles. The van der Waals surface area contributed by atoms with E-state index in [1.165, 1.54) is 0 Å². The van der Waals surface area contributed by atoms with Gasteiger partial charge in [-0.2, -0.15) is 0 Å². The van der Waals surface area contributed by atoms with E-state index < -0.39 is 0 Å². The van der Waals surface area contributed by atoms with Crippen molar-refractivity contribution >= 4 is 29.1 Å². The summed E-state index contributed by atoms with van der Waals surface area (Å²) in [7, 11) is 1.74. The van der Waals surface area contributed by atoms with Crippen molar-refractivity contribution in [3.63, 3.8) is 0 Å². The summed E-state index contributed by atoms with van der Waals surface area (Å²) in [6.45, 7) is 2.77. The Morgan fingerprint density at radius 3 is 2.35 bits per heavy atom. The molecule has 2 amide bonds. The number of anilines is 1. The molecule has 0 aliphatic heterocycles. The van der Waals surface area contributed by atoms with Crippen LogP contribution in [0.1, 0.15) is 18.1 Å². The lowest BCUT2D eigenvalue weighted by atomic mass is 10.1. The van der Waals surface area contributed by atoms with E-state index in [2.05, 4.69) is 10.6 Å². The molecule has 0 fully saturated rings. The predicted molar refractivity (Wildman–Crippen MR) is 105 cm³/mol. The number of nitrogens with zero attached hydrogens (tertiary/aromatic N) is 1. The monoisotopic (exact) mass is 373 g/mol. The van der Waals surface area contributed by atoms with Crippen LogP contribution in [0.5, 0.6) is 0 Å². The highest BCUT2D eigenvalue weighted by Gasteiger charge is 2.12. The van der Waals surface area contributed by atoms with Gasteiger partial charge < -0.3 is 10.6 Å². The topological polar surface area (TPSA) is 61.4 Å². The highest BCUT2D eigenvalue weighted by atomic mass is 35.5. The largest absolute Gasteiger partial charge is 0.351 e. The van der Waals surface area contributed by atoms with E-state index in [9.17, 15) is 9.59 Å². The van der Waals surface area contributed by atoms with E-state index in [0.29, 0.717) is 11.6 Å². The van der Waals surface area contributed by atoms with Crippen molar-refractivity contribution in [3.05, 3.63) is 64.7 Å². The minimum Gasteiger partial charge on any atom is -0.351 e. The number of aryl methyl sites for hydroxylation is 1. The predicted octanol–water partition coefficient (Wildman–Crippen LogP) is 3.09. The number of hydrogen-bond donors (Lipinski definition) is 2. The third-order valence-corrected chi connectivity index (χ3v) is 4.15. The molecule has 6 heteroatoms. The molecule has 0 spiro atoms. The van der Waals surface area contributed by atoms with Crippen LogP contribution in [0.2, 0.25) is 5.02 Å². The molecule has 5 nitrogen and oxygen atoms in total. The van der Waals surface area contributed by atoms with Crippen LogP contribution in [0, 0.1) is 0 Å². The molecule has 2 rings (SSSR count). The third-order valence-electron chi connectivity index (χ3n) is 3.90. The quantitative estimate of drug-likeness (QED) is 0.747. The zero-order valence-electron chi connectivity index (χ0n) is 15.1. The number of likely N-dealkylation sites (N-methyl/N-ethyl adjacent to an activating group) is 1. The number of nitrogens with one attached hydrogen (secondary N) is 2.